The van der Waals surface area contributed by atoms with Gasteiger partial charge in [0, 0.05) is 19.5 Å². The van der Waals surface area contributed by atoms with Crippen LogP contribution in [0.2, 0.25) is 0 Å². The molecule has 8 heteroatoms. The van der Waals surface area contributed by atoms with Gasteiger partial charge in [0.05, 0.1) is 19.6 Å². The third-order valence-corrected chi connectivity index (χ3v) is 5.00. The summed E-state index contributed by atoms with van der Waals surface area (Å²) in [5.74, 6) is -0.0317. The van der Waals surface area contributed by atoms with Crippen molar-refractivity contribution in [1.29, 1.82) is 0 Å². The topological polar surface area (TPSA) is 106 Å². The van der Waals surface area contributed by atoms with Crippen LogP contribution >= 0.6 is 0 Å². The van der Waals surface area contributed by atoms with Crippen molar-refractivity contribution in [3.63, 3.8) is 0 Å². The minimum Gasteiger partial charge on any atom is -0.356 e. The molecular weight excluding hydrogens is 350 g/mol. The van der Waals surface area contributed by atoms with Gasteiger partial charge in [-0.2, -0.15) is 0 Å². The van der Waals surface area contributed by atoms with Gasteiger partial charge in [-0.05, 0) is 38.0 Å². The molecule has 2 rings (SSSR count). The maximum Gasteiger partial charge on any atom is 0.242 e. The third kappa shape index (κ3) is 7.84. The molecule has 0 radical (unpaired) electrons. The second-order valence-electron chi connectivity index (χ2n) is 7.46. The summed E-state index contributed by atoms with van der Waals surface area (Å²) in [4.78, 5) is 35.7. The number of carbonyl (C=O) groups is 3. The van der Waals surface area contributed by atoms with Crippen molar-refractivity contribution in [2.45, 2.75) is 77.2 Å². The first-order chi connectivity index (χ1) is 13.0. The Morgan fingerprint density at radius 3 is 2.56 bits per heavy atom. The van der Waals surface area contributed by atoms with Crippen molar-refractivity contribution in [3.8, 4) is 0 Å². The van der Waals surface area contributed by atoms with Crippen LogP contribution in [0.3, 0.4) is 0 Å². The normalized spacial score (nSPS) is 24.2. The molecule has 0 bridgehead atoms. The molecule has 2 fully saturated rings. The lowest BCUT2D eigenvalue weighted by atomic mass is 10.1. The predicted octanol–water partition coefficient (Wildman–Crippen LogP) is 0.845. The van der Waals surface area contributed by atoms with E-state index in [4.69, 9.17) is 9.47 Å². The minimum absolute atomic E-state index is 0.0666. The quantitative estimate of drug-likeness (QED) is 0.547. The summed E-state index contributed by atoms with van der Waals surface area (Å²) in [6.07, 6.45) is 4.80. The lowest BCUT2D eigenvalue weighted by molar-refractivity contribution is -0.183. The molecule has 8 nitrogen and oxygen atoms in total. The highest BCUT2D eigenvalue weighted by molar-refractivity contribution is 5.87. The number of hydrogen-bond donors (Lipinski definition) is 3. The molecule has 1 saturated carbocycles. The number of rotatable bonds is 9. The van der Waals surface area contributed by atoms with Gasteiger partial charge < -0.3 is 25.4 Å². The Hall–Kier alpha value is -1.67. The summed E-state index contributed by atoms with van der Waals surface area (Å²) in [6, 6.07) is -0.376. The predicted molar refractivity (Wildman–Crippen MR) is 99.7 cm³/mol. The van der Waals surface area contributed by atoms with Gasteiger partial charge in [-0.3, -0.25) is 14.4 Å². The number of hydrogen-bond acceptors (Lipinski definition) is 5. The molecule has 3 amide bonds. The average molecular weight is 383 g/mol. The van der Waals surface area contributed by atoms with Gasteiger partial charge in [0.25, 0.3) is 0 Å². The van der Waals surface area contributed by atoms with E-state index in [1.165, 1.54) is 6.92 Å². The molecule has 0 aromatic heterocycles. The second kappa shape index (κ2) is 11.2. The molecule has 1 aliphatic heterocycles. The first-order valence-electron chi connectivity index (χ1n) is 10.0. The summed E-state index contributed by atoms with van der Waals surface area (Å²) >= 11 is 0. The molecule has 0 aromatic rings. The van der Waals surface area contributed by atoms with Crippen molar-refractivity contribution in [1.82, 2.24) is 16.0 Å². The van der Waals surface area contributed by atoms with Gasteiger partial charge >= 0.3 is 0 Å². The van der Waals surface area contributed by atoms with Gasteiger partial charge in [-0.25, -0.2) is 0 Å². The summed E-state index contributed by atoms with van der Waals surface area (Å²) in [5, 5.41) is 8.71. The molecule has 3 atom stereocenters. The van der Waals surface area contributed by atoms with Gasteiger partial charge in [0.15, 0.2) is 6.29 Å². The van der Waals surface area contributed by atoms with E-state index in [0.717, 1.165) is 32.1 Å². The monoisotopic (exact) mass is 383 g/mol. The van der Waals surface area contributed by atoms with Crippen molar-refractivity contribution in [2.75, 3.05) is 19.8 Å². The average Bonchev–Trinajstić information content (AvgIpc) is 3.07. The fourth-order valence-corrected chi connectivity index (χ4v) is 3.63. The summed E-state index contributed by atoms with van der Waals surface area (Å²) in [7, 11) is 0. The van der Waals surface area contributed by atoms with Crippen LogP contribution in [0, 0.1) is 5.92 Å². The zero-order valence-corrected chi connectivity index (χ0v) is 16.4. The van der Waals surface area contributed by atoms with Crippen molar-refractivity contribution in [3.05, 3.63) is 0 Å². The molecule has 3 N–H and O–H groups in total. The third-order valence-electron chi connectivity index (χ3n) is 5.00. The first-order valence-corrected chi connectivity index (χ1v) is 10.0. The molecule has 0 spiro atoms. The zero-order chi connectivity index (χ0) is 19.6. The lowest BCUT2D eigenvalue weighted by Crippen LogP contribution is -2.48. The molecule has 2 aliphatic rings. The molecule has 0 aromatic carbocycles. The van der Waals surface area contributed by atoms with Crippen LogP contribution in [0.1, 0.15) is 58.8 Å². The van der Waals surface area contributed by atoms with Crippen LogP contribution in [0.15, 0.2) is 0 Å². The van der Waals surface area contributed by atoms with Gasteiger partial charge in [0.2, 0.25) is 17.7 Å². The standard InChI is InChI=1S/C19H33N3O5/c1-3-5-16(21-13(2)23)19(25)22-15-7-6-14(10-15)12-20-17(24)11-18-26-8-4-9-27-18/h14-16,18H,3-12H2,1-2H3,(H,20,24)(H,21,23)(H,22,25). The molecule has 154 valence electrons. The van der Waals surface area contributed by atoms with Crippen LogP contribution in [0.25, 0.3) is 0 Å². The summed E-state index contributed by atoms with van der Waals surface area (Å²) < 4.78 is 10.8. The van der Waals surface area contributed by atoms with E-state index in [-0.39, 0.29) is 30.2 Å². The van der Waals surface area contributed by atoms with Crippen molar-refractivity contribution in [2.24, 2.45) is 5.92 Å². The van der Waals surface area contributed by atoms with Crippen LogP contribution in [0.4, 0.5) is 0 Å². The van der Waals surface area contributed by atoms with Crippen LogP contribution < -0.4 is 16.0 Å². The van der Waals surface area contributed by atoms with E-state index < -0.39 is 12.3 Å². The Labute approximate surface area is 161 Å². The van der Waals surface area contributed by atoms with E-state index in [9.17, 15) is 14.4 Å². The maximum absolute atomic E-state index is 12.4. The highest BCUT2D eigenvalue weighted by atomic mass is 16.7. The van der Waals surface area contributed by atoms with Crippen molar-refractivity contribution >= 4 is 17.7 Å². The first kappa shape index (κ1) is 21.6. The highest BCUT2D eigenvalue weighted by Crippen LogP contribution is 2.25. The largest absolute Gasteiger partial charge is 0.356 e. The minimum atomic E-state index is -0.471. The molecule has 1 aliphatic carbocycles. The molecule has 1 heterocycles. The Kier molecular flexibility index (Phi) is 9.00. The Bertz CT molecular complexity index is 508. The fourth-order valence-electron chi connectivity index (χ4n) is 3.63. The zero-order valence-electron chi connectivity index (χ0n) is 16.4. The Balaban J connectivity index is 1.67. The second-order valence-corrected chi connectivity index (χ2v) is 7.46. The SMILES string of the molecule is CCCC(NC(C)=O)C(=O)NC1CCC(CNC(=O)CC2OCCCO2)C1. The lowest BCUT2D eigenvalue weighted by Gasteiger charge is -2.23. The smallest absolute Gasteiger partial charge is 0.242 e. The fraction of sp³-hybridized carbons (Fsp3) is 0.842. The molecule has 1 saturated heterocycles. The van der Waals surface area contributed by atoms with E-state index in [1.807, 2.05) is 6.92 Å². The van der Waals surface area contributed by atoms with Crippen LogP contribution in [-0.2, 0) is 23.9 Å². The molecular formula is C19H33N3O5. The highest BCUT2D eigenvalue weighted by Gasteiger charge is 2.29. The van der Waals surface area contributed by atoms with Crippen LogP contribution in [0.5, 0.6) is 0 Å². The maximum atomic E-state index is 12.4. The Morgan fingerprint density at radius 2 is 1.89 bits per heavy atom. The van der Waals surface area contributed by atoms with Gasteiger partial charge in [-0.15, -0.1) is 0 Å². The number of carbonyl (C=O) groups excluding carboxylic acids is 3. The number of nitrogens with one attached hydrogen (secondary N) is 3. The molecule has 3 unspecified atom stereocenters. The van der Waals surface area contributed by atoms with Gasteiger partial charge in [0.1, 0.15) is 6.04 Å². The number of amides is 3. The van der Waals surface area contributed by atoms with Gasteiger partial charge in [-0.1, -0.05) is 13.3 Å². The van der Waals surface area contributed by atoms with Crippen molar-refractivity contribution < 1.29 is 23.9 Å². The van der Waals surface area contributed by atoms with E-state index >= 15 is 0 Å². The van der Waals surface area contributed by atoms with E-state index in [1.54, 1.807) is 0 Å². The number of ether oxygens (including phenoxy) is 2. The molecule has 27 heavy (non-hydrogen) atoms. The summed E-state index contributed by atoms with van der Waals surface area (Å²) in [6.45, 7) is 5.29. The van der Waals surface area contributed by atoms with Crippen LogP contribution in [-0.4, -0.2) is 55.9 Å². The Morgan fingerprint density at radius 1 is 1.15 bits per heavy atom. The van der Waals surface area contributed by atoms with E-state index in [0.29, 0.717) is 32.1 Å². The summed E-state index contributed by atoms with van der Waals surface area (Å²) in [5.41, 5.74) is 0. The van der Waals surface area contributed by atoms with E-state index in [2.05, 4.69) is 16.0 Å².